The fraction of sp³-hybridized carbons (Fsp3) is 0.316. The summed E-state index contributed by atoms with van der Waals surface area (Å²) in [5.41, 5.74) is 1.03. The number of nitrogens with zero attached hydrogens (tertiary/aromatic N) is 1. The van der Waals surface area contributed by atoms with Gasteiger partial charge in [-0.2, -0.15) is 0 Å². The Morgan fingerprint density at radius 1 is 0.963 bits per heavy atom. The predicted molar refractivity (Wildman–Crippen MR) is 98.4 cm³/mol. The Bertz CT molecular complexity index is 892. The van der Waals surface area contributed by atoms with Gasteiger partial charge in [0, 0.05) is 24.7 Å². The van der Waals surface area contributed by atoms with Crippen LogP contribution in [0.15, 0.2) is 48.5 Å². The van der Waals surface area contributed by atoms with Crippen LogP contribution >= 0.6 is 0 Å². The molecule has 2 aromatic carbocycles. The maximum atomic E-state index is 13.0. The first-order chi connectivity index (χ1) is 12.8. The first-order valence-electron chi connectivity index (χ1n) is 8.62. The van der Waals surface area contributed by atoms with Crippen LogP contribution in [0.3, 0.4) is 0 Å². The van der Waals surface area contributed by atoms with Crippen molar-refractivity contribution in [2.24, 2.45) is 5.92 Å². The van der Waals surface area contributed by atoms with E-state index < -0.39 is 15.8 Å². The van der Waals surface area contributed by atoms with Crippen LogP contribution < -0.4 is 5.32 Å². The van der Waals surface area contributed by atoms with Gasteiger partial charge in [-0.3, -0.25) is 4.79 Å². The van der Waals surface area contributed by atoms with E-state index in [1.54, 1.807) is 0 Å². The number of carbonyl (C=O) groups excluding carboxylic acids is 1. The molecule has 0 unspecified atom stereocenters. The van der Waals surface area contributed by atoms with Crippen molar-refractivity contribution in [3.05, 3.63) is 65.7 Å². The second-order valence-corrected chi connectivity index (χ2v) is 8.52. The van der Waals surface area contributed by atoms with E-state index in [0.717, 1.165) is 0 Å². The molecule has 0 bridgehead atoms. The molecule has 0 atom stereocenters. The number of benzene rings is 2. The minimum absolute atomic E-state index is 0.195. The third-order valence-corrected chi connectivity index (χ3v) is 6.44. The number of halogens is 2. The fourth-order valence-electron chi connectivity index (χ4n) is 3.06. The number of anilines is 1. The number of rotatable bonds is 5. The van der Waals surface area contributed by atoms with E-state index in [1.807, 2.05) is 0 Å². The second kappa shape index (κ2) is 8.14. The summed E-state index contributed by atoms with van der Waals surface area (Å²) in [7, 11) is -3.52. The summed E-state index contributed by atoms with van der Waals surface area (Å²) in [5, 5.41) is 2.73. The number of sulfonamides is 1. The van der Waals surface area contributed by atoms with Crippen LogP contribution in [0.2, 0.25) is 0 Å². The molecule has 1 amide bonds. The van der Waals surface area contributed by atoms with Gasteiger partial charge in [0.05, 0.1) is 5.75 Å². The van der Waals surface area contributed by atoms with Gasteiger partial charge >= 0.3 is 0 Å². The molecule has 3 rings (SSSR count). The highest BCUT2D eigenvalue weighted by Crippen LogP contribution is 2.23. The monoisotopic (exact) mass is 394 g/mol. The standard InChI is InChI=1S/C19H20F2N2O3S/c20-16-3-1-14(2-4-16)13-27(25,26)23-11-9-15(10-12-23)19(24)22-18-7-5-17(21)6-8-18/h1-8,15H,9-13H2,(H,22,24). The Morgan fingerprint density at radius 2 is 1.48 bits per heavy atom. The Hall–Kier alpha value is -2.32. The molecule has 1 aliphatic rings. The second-order valence-electron chi connectivity index (χ2n) is 6.55. The summed E-state index contributed by atoms with van der Waals surface area (Å²) in [4.78, 5) is 12.3. The molecule has 1 saturated heterocycles. The first kappa shape index (κ1) is 19.4. The van der Waals surface area contributed by atoms with Gasteiger partial charge in [0.2, 0.25) is 15.9 Å². The van der Waals surface area contributed by atoms with Crippen molar-refractivity contribution in [3.63, 3.8) is 0 Å². The summed E-state index contributed by atoms with van der Waals surface area (Å²) in [6.07, 6.45) is 0.825. The lowest BCUT2D eigenvalue weighted by Gasteiger charge is -2.30. The number of nitrogens with one attached hydrogen (secondary N) is 1. The van der Waals surface area contributed by atoms with Gasteiger partial charge in [0.25, 0.3) is 0 Å². The van der Waals surface area contributed by atoms with Gasteiger partial charge in [0.15, 0.2) is 0 Å². The highest BCUT2D eigenvalue weighted by atomic mass is 32.2. The summed E-state index contributed by atoms with van der Waals surface area (Å²) in [6, 6.07) is 10.9. The lowest BCUT2D eigenvalue weighted by molar-refractivity contribution is -0.120. The van der Waals surface area contributed by atoms with Gasteiger partial charge < -0.3 is 5.32 Å². The zero-order valence-electron chi connectivity index (χ0n) is 14.6. The van der Waals surface area contributed by atoms with E-state index in [9.17, 15) is 22.0 Å². The van der Waals surface area contributed by atoms with Crippen molar-refractivity contribution in [2.75, 3.05) is 18.4 Å². The van der Waals surface area contributed by atoms with Gasteiger partial charge in [-0.1, -0.05) is 12.1 Å². The summed E-state index contributed by atoms with van der Waals surface area (Å²) in [6.45, 7) is 0.510. The van der Waals surface area contributed by atoms with Crippen LogP contribution in [0.5, 0.6) is 0 Å². The van der Waals surface area contributed by atoms with Crippen molar-refractivity contribution in [3.8, 4) is 0 Å². The number of amides is 1. The largest absolute Gasteiger partial charge is 0.326 e. The topological polar surface area (TPSA) is 66.5 Å². The third kappa shape index (κ3) is 5.11. The molecule has 144 valence electrons. The normalized spacial score (nSPS) is 16.2. The zero-order valence-corrected chi connectivity index (χ0v) is 15.4. The average Bonchev–Trinajstić information content (AvgIpc) is 2.65. The summed E-state index contributed by atoms with van der Waals surface area (Å²) < 4.78 is 52.3. The van der Waals surface area contributed by atoms with Crippen molar-refractivity contribution in [1.29, 1.82) is 0 Å². The fourth-order valence-corrected chi connectivity index (χ4v) is 4.62. The van der Waals surface area contributed by atoms with E-state index >= 15 is 0 Å². The van der Waals surface area contributed by atoms with Crippen molar-refractivity contribution < 1.29 is 22.0 Å². The lowest BCUT2D eigenvalue weighted by Crippen LogP contribution is -2.41. The van der Waals surface area contributed by atoms with Crippen LogP contribution in [-0.2, 0) is 20.6 Å². The minimum atomic E-state index is -3.52. The van der Waals surface area contributed by atoms with Gasteiger partial charge in [-0.05, 0) is 54.8 Å². The number of hydrogen-bond donors (Lipinski definition) is 1. The minimum Gasteiger partial charge on any atom is -0.326 e. The summed E-state index contributed by atoms with van der Waals surface area (Å²) >= 11 is 0. The molecular weight excluding hydrogens is 374 g/mol. The molecule has 0 spiro atoms. The molecule has 0 saturated carbocycles. The molecule has 5 nitrogen and oxygen atoms in total. The molecule has 1 N–H and O–H groups in total. The number of hydrogen-bond acceptors (Lipinski definition) is 3. The molecule has 0 aromatic heterocycles. The molecule has 1 fully saturated rings. The SMILES string of the molecule is O=C(Nc1ccc(F)cc1)C1CCN(S(=O)(=O)Cc2ccc(F)cc2)CC1. The van der Waals surface area contributed by atoms with Crippen LogP contribution in [-0.4, -0.2) is 31.7 Å². The van der Waals surface area contributed by atoms with Crippen LogP contribution in [0.4, 0.5) is 14.5 Å². The van der Waals surface area contributed by atoms with Crippen LogP contribution in [0.25, 0.3) is 0 Å². The molecule has 8 heteroatoms. The van der Waals surface area contributed by atoms with Crippen molar-refractivity contribution >= 4 is 21.6 Å². The van der Waals surface area contributed by atoms with Crippen LogP contribution in [0.1, 0.15) is 18.4 Å². The Kier molecular flexibility index (Phi) is 5.86. The highest BCUT2D eigenvalue weighted by molar-refractivity contribution is 7.88. The number of carbonyl (C=O) groups is 1. The molecule has 0 radical (unpaired) electrons. The molecule has 2 aromatic rings. The van der Waals surface area contributed by atoms with E-state index in [1.165, 1.54) is 52.8 Å². The third-order valence-electron chi connectivity index (χ3n) is 4.59. The van der Waals surface area contributed by atoms with Crippen LogP contribution in [0, 0.1) is 17.6 Å². The van der Waals surface area contributed by atoms with E-state index in [4.69, 9.17) is 0 Å². The van der Waals surface area contributed by atoms with Crippen molar-refractivity contribution in [2.45, 2.75) is 18.6 Å². The Morgan fingerprint density at radius 3 is 2.04 bits per heavy atom. The molecule has 1 heterocycles. The first-order valence-corrected chi connectivity index (χ1v) is 10.2. The van der Waals surface area contributed by atoms with Gasteiger partial charge in [-0.25, -0.2) is 21.5 Å². The molecular formula is C19H20F2N2O3S. The maximum Gasteiger partial charge on any atom is 0.227 e. The van der Waals surface area contributed by atoms with E-state index in [0.29, 0.717) is 24.1 Å². The predicted octanol–water partition coefficient (Wildman–Crippen LogP) is 3.15. The van der Waals surface area contributed by atoms with Gasteiger partial charge in [-0.15, -0.1) is 0 Å². The van der Waals surface area contributed by atoms with Crippen molar-refractivity contribution in [1.82, 2.24) is 4.31 Å². The Labute approximate surface area is 157 Å². The smallest absolute Gasteiger partial charge is 0.227 e. The van der Waals surface area contributed by atoms with Gasteiger partial charge in [0.1, 0.15) is 11.6 Å². The zero-order chi connectivity index (χ0) is 19.4. The molecule has 0 aliphatic carbocycles. The molecule has 27 heavy (non-hydrogen) atoms. The quantitative estimate of drug-likeness (QED) is 0.847. The summed E-state index contributed by atoms with van der Waals surface area (Å²) in [5.74, 6) is -1.49. The molecule has 1 aliphatic heterocycles. The van der Waals surface area contributed by atoms with E-state index in [2.05, 4.69) is 5.32 Å². The average molecular weight is 394 g/mol. The number of piperidine rings is 1. The Balaban J connectivity index is 1.55. The highest BCUT2D eigenvalue weighted by Gasteiger charge is 2.31. The van der Waals surface area contributed by atoms with E-state index in [-0.39, 0.29) is 36.5 Å². The maximum absolute atomic E-state index is 13.0. The lowest BCUT2D eigenvalue weighted by atomic mass is 9.97.